The fourth-order valence-electron chi connectivity index (χ4n) is 1.56. The third-order valence-corrected chi connectivity index (χ3v) is 3.09. The molecule has 0 aromatic heterocycles. The minimum atomic E-state index is -0.285. The lowest BCUT2D eigenvalue weighted by atomic mass is 10.2. The molecule has 0 aliphatic rings. The van der Waals surface area contributed by atoms with E-state index >= 15 is 0 Å². The van der Waals surface area contributed by atoms with E-state index in [4.69, 9.17) is 5.11 Å². The molecule has 0 aliphatic heterocycles. The van der Waals surface area contributed by atoms with Crippen molar-refractivity contribution < 1.29 is 15.0 Å². The maximum Gasteiger partial charge on any atom is 0.251 e. The molecule has 0 aliphatic carbocycles. The third kappa shape index (κ3) is 4.79. The van der Waals surface area contributed by atoms with Gasteiger partial charge in [-0.1, -0.05) is 0 Å². The van der Waals surface area contributed by atoms with E-state index in [1.807, 2.05) is 7.05 Å². The van der Waals surface area contributed by atoms with Crippen molar-refractivity contribution in [2.45, 2.75) is 26.3 Å². The number of phenolic OH excluding ortho intramolecular Hbond substituents is 2. The number of rotatable bonds is 6. The van der Waals surface area contributed by atoms with Crippen LogP contribution in [-0.4, -0.2) is 47.2 Å². The van der Waals surface area contributed by atoms with E-state index in [0.29, 0.717) is 18.2 Å². The Morgan fingerprint density at radius 2 is 2.00 bits per heavy atom. The zero-order chi connectivity index (χ0) is 14.4. The first kappa shape index (κ1) is 15.3. The molecule has 1 aromatic carbocycles. The molecular formula is C14H22N2O3. The number of benzene rings is 1. The summed E-state index contributed by atoms with van der Waals surface area (Å²) >= 11 is 0. The molecule has 0 fully saturated rings. The average Bonchev–Trinajstić information content (AvgIpc) is 2.37. The van der Waals surface area contributed by atoms with E-state index < -0.39 is 0 Å². The Morgan fingerprint density at radius 3 is 2.58 bits per heavy atom. The molecular weight excluding hydrogens is 244 g/mol. The van der Waals surface area contributed by atoms with Crippen LogP contribution in [0.3, 0.4) is 0 Å². The quantitative estimate of drug-likeness (QED) is 0.539. The van der Waals surface area contributed by atoms with E-state index in [9.17, 15) is 9.90 Å². The Hall–Kier alpha value is -1.75. The van der Waals surface area contributed by atoms with E-state index in [0.717, 1.165) is 13.0 Å². The lowest BCUT2D eigenvalue weighted by molar-refractivity contribution is 0.0951. The molecule has 0 atom stereocenters. The van der Waals surface area contributed by atoms with Crippen LogP contribution in [-0.2, 0) is 0 Å². The highest BCUT2D eigenvalue weighted by Crippen LogP contribution is 2.24. The highest BCUT2D eigenvalue weighted by Gasteiger charge is 2.08. The lowest BCUT2D eigenvalue weighted by Crippen LogP contribution is -2.31. The third-order valence-electron chi connectivity index (χ3n) is 3.09. The number of carbonyl (C=O) groups excluding carboxylic acids is 1. The van der Waals surface area contributed by atoms with Gasteiger partial charge in [-0.25, -0.2) is 0 Å². The largest absolute Gasteiger partial charge is 0.504 e. The predicted octanol–water partition coefficient (Wildman–Crippen LogP) is 1.56. The Kier molecular flexibility index (Phi) is 5.63. The van der Waals surface area contributed by atoms with Gasteiger partial charge >= 0.3 is 0 Å². The summed E-state index contributed by atoms with van der Waals surface area (Å²) in [5.74, 6) is -0.759. The molecule has 1 amide bonds. The Labute approximate surface area is 113 Å². The molecule has 3 N–H and O–H groups in total. The predicted molar refractivity (Wildman–Crippen MR) is 74.5 cm³/mol. The summed E-state index contributed by atoms with van der Waals surface area (Å²) in [4.78, 5) is 14.0. The van der Waals surface area contributed by atoms with Gasteiger partial charge in [0.1, 0.15) is 0 Å². The van der Waals surface area contributed by atoms with Crippen molar-refractivity contribution in [2.24, 2.45) is 0 Å². The zero-order valence-electron chi connectivity index (χ0n) is 11.7. The minimum absolute atomic E-state index is 0.227. The van der Waals surface area contributed by atoms with Crippen LogP contribution in [0.4, 0.5) is 0 Å². The second-order valence-electron chi connectivity index (χ2n) is 4.89. The number of amides is 1. The Bertz CT molecular complexity index is 433. The summed E-state index contributed by atoms with van der Waals surface area (Å²) < 4.78 is 0. The number of nitrogens with one attached hydrogen (secondary N) is 1. The van der Waals surface area contributed by atoms with Gasteiger partial charge in [0.15, 0.2) is 11.5 Å². The van der Waals surface area contributed by atoms with Crippen molar-refractivity contribution in [1.82, 2.24) is 10.2 Å². The van der Waals surface area contributed by atoms with Gasteiger partial charge in [0.05, 0.1) is 0 Å². The van der Waals surface area contributed by atoms with E-state index in [1.54, 1.807) is 0 Å². The lowest BCUT2D eigenvalue weighted by Gasteiger charge is -2.20. The standard InChI is InChI=1S/C14H22N2O3/c1-10(2)16(3)8-4-7-15-14(19)11-5-6-12(17)13(18)9-11/h5-6,9-10,17-18H,4,7-8H2,1-3H3,(H,15,19). The van der Waals surface area contributed by atoms with Gasteiger partial charge in [-0.05, 0) is 52.1 Å². The first-order valence-corrected chi connectivity index (χ1v) is 6.42. The summed E-state index contributed by atoms with van der Waals surface area (Å²) in [5.41, 5.74) is 0.340. The highest BCUT2D eigenvalue weighted by atomic mass is 16.3. The summed E-state index contributed by atoms with van der Waals surface area (Å²) in [7, 11) is 2.05. The van der Waals surface area contributed by atoms with Crippen molar-refractivity contribution in [3.05, 3.63) is 23.8 Å². The number of hydrogen-bond acceptors (Lipinski definition) is 4. The molecule has 0 spiro atoms. The summed E-state index contributed by atoms with van der Waals surface area (Å²) in [6.07, 6.45) is 0.866. The maximum atomic E-state index is 11.8. The summed E-state index contributed by atoms with van der Waals surface area (Å²) in [6, 6.07) is 4.52. The van der Waals surface area contributed by atoms with Gasteiger partial charge in [-0.15, -0.1) is 0 Å². The molecule has 5 heteroatoms. The van der Waals surface area contributed by atoms with E-state index in [-0.39, 0.29) is 17.4 Å². The van der Waals surface area contributed by atoms with Crippen LogP contribution in [0, 0.1) is 0 Å². The van der Waals surface area contributed by atoms with Crippen molar-refractivity contribution >= 4 is 5.91 Å². The van der Waals surface area contributed by atoms with Crippen LogP contribution in [0.15, 0.2) is 18.2 Å². The maximum absolute atomic E-state index is 11.8. The fourth-order valence-corrected chi connectivity index (χ4v) is 1.56. The second-order valence-corrected chi connectivity index (χ2v) is 4.89. The van der Waals surface area contributed by atoms with Crippen LogP contribution >= 0.6 is 0 Å². The fraction of sp³-hybridized carbons (Fsp3) is 0.500. The molecule has 5 nitrogen and oxygen atoms in total. The SMILES string of the molecule is CC(C)N(C)CCCNC(=O)c1ccc(O)c(O)c1. The van der Waals surface area contributed by atoms with Crippen molar-refractivity contribution in [3.63, 3.8) is 0 Å². The number of phenols is 2. The summed E-state index contributed by atoms with van der Waals surface area (Å²) in [6.45, 7) is 5.74. The van der Waals surface area contributed by atoms with Crippen LogP contribution in [0.5, 0.6) is 11.5 Å². The highest BCUT2D eigenvalue weighted by molar-refractivity contribution is 5.94. The Balaban J connectivity index is 2.37. The molecule has 106 valence electrons. The smallest absolute Gasteiger partial charge is 0.251 e. The number of aromatic hydroxyl groups is 2. The molecule has 0 saturated heterocycles. The first-order valence-electron chi connectivity index (χ1n) is 6.42. The average molecular weight is 266 g/mol. The Morgan fingerprint density at radius 1 is 1.32 bits per heavy atom. The van der Waals surface area contributed by atoms with Gasteiger partial charge in [0, 0.05) is 18.2 Å². The van der Waals surface area contributed by atoms with Crippen molar-refractivity contribution in [2.75, 3.05) is 20.1 Å². The number of nitrogens with zero attached hydrogens (tertiary/aromatic N) is 1. The summed E-state index contributed by atoms with van der Waals surface area (Å²) in [5, 5.41) is 21.3. The van der Waals surface area contributed by atoms with Crippen molar-refractivity contribution in [3.8, 4) is 11.5 Å². The minimum Gasteiger partial charge on any atom is -0.504 e. The topological polar surface area (TPSA) is 72.8 Å². The number of carbonyl (C=O) groups is 1. The van der Waals surface area contributed by atoms with E-state index in [1.165, 1.54) is 18.2 Å². The van der Waals surface area contributed by atoms with Crippen LogP contribution < -0.4 is 5.32 Å². The van der Waals surface area contributed by atoms with Gasteiger partial charge in [0.25, 0.3) is 5.91 Å². The van der Waals surface area contributed by atoms with Gasteiger partial charge < -0.3 is 20.4 Å². The monoisotopic (exact) mass is 266 g/mol. The molecule has 1 rings (SSSR count). The first-order chi connectivity index (χ1) is 8.91. The van der Waals surface area contributed by atoms with Gasteiger partial charge in [-0.2, -0.15) is 0 Å². The molecule has 0 unspecified atom stereocenters. The van der Waals surface area contributed by atoms with Crippen LogP contribution in [0.2, 0.25) is 0 Å². The van der Waals surface area contributed by atoms with Gasteiger partial charge in [-0.3, -0.25) is 4.79 Å². The molecule has 0 bridgehead atoms. The normalized spacial score (nSPS) is 11.0. The second kappa shape index (κ2) is 6.99. The van der Waals surface area contributed by atoms with E-state index in [2.05, 4.69) is 24.1 Å². The van der Waals surface area contributed by atoms with Crippen LogP contribution in [0.25, 0.3) is 0 Å². The van der Waals surface area contributed by atoms with Crippen LogP contribution in [0.1, 0.15) is 30.6 Å². The molecule has 1 aromatic rings. The molecule has 19 heavy (non-hydrogen) atoms. The van der Waals surface area contributed by atoms with Crippen molar-refractivity contribution in [1.29, 1.82) is 0 Å². The molecule has 0 radical (unpaired) electrons. The number of hydrogen-bond donors (Lipinski definition) is 3. The molecule has 0 heterocycles. The van der Waals surface area contributed by atoms with Gasteiger partial charge in [0.2, 0.25) is 0 Å². The zero-order valence-corrected chi connectivity index (χ0v) is 11.7. The molecule has 0 saturated carbocycles.